The molecule has 1 aliphatic rings. The predicted octanol–water partition coefficient (Wildman–Crippen LogP) is 3.70. The molecule has 3 rings (SSSR count). The van der Waals surface area contributed by atoms with Crippen molar-refractivity contribution in [3.05, 3.63) is 53.7 Å². The highest BCUT2D eigenvalue weighted by Crippen LogP contribution is 2.22. The maximum atomic E-state index is 4.70. The third-order valence-corrected chi connectivity index (χ3v) is 3.22. The van der Waals surface area contributed by atoms with Gasteiger partial charge >= 0.3 is 0 Å². The molecule has 0 amide bonds. The van der Waals surface area contributed by atoms with Gasteiger partial charge in [0, 0.05) is 11.4 Å². The Hall–Kier alpha value is -1.83. The van der Waals surface area contributed by atoms with Gasteiger partial charge in [-0.1, -0.05) is 24.3 Å². The van der Waals surface area contributed by atoms with Crippen LogP contribution in [0.3, 0.4) is 0 Å². The summed E-state index contributed by atoms with van der Waals surface area (Å²) in [5.41, 5.74) is 3.79. The number of anilines is 2. The zero-order valence-electron chi connectivity index (χ0n) is 9.82. The Morgan fingerprint density at radius 3 is 2.59 bits per heavy atom. The molecule has 2 aromatic rings. The van der Waals surface area contributed by atoms with Crippen LogP contribution in [0.1, 0.15) is 24.1 Å². The van der Waals surface area contributed by atoms with Crippen molar-refractivity contribution < 1.29 is 0 Å². The predicted molar refractivity (Wildman–Crippen MR) is 70.6 cm³/mol. The number of para-hydroxylation sites is 1. The minimum Gasteiger partial charge on any atom is -0.340 e. The molecule has 1 aromatic carbocycles. The van der Waals surface area contributed by atoms with Crippen molar-refractivity contribution in [1.82, 2.24) is 4.98 Å². The van der Waals surface area contributed by atoms with Crippen molar-refractivity contribution in [2.75, 3.05) is 5.32 Å². The maximum absolute atomic E-state index is 4.70. The van der Waals surface area contributed by atoms with Crippen molar-refractivity contribution in [1.29, 1.82) is 0 Å². The minimum absolute atomic E-state index is 0.955. The van der Waals surface area contributed by atoms with E-state index in [1.54, 1.807) is 0 Å². The number of benzene rings is 1. The molecule has 0 bridgehead atoms. The van der Waals surface area contributed by atoms with Crippen LogP contribution < -0.4 is 5.32 Å². The highest BCUT2D eigenvalue weighted by atomic mass is 15.0. The van der Waals surface area contributed by atoms with E-state index in [0.29, 0.717) is 0 Å². The van der Waals surface area contributed by atoms with Crippen molar-refractivity contribution >= 4 is 11.5 Å². The molecule has 2 heteroatoms. The van der Waals surface area contributed by atoms with Crippen LogP contribution in [0.5, 0.6) is 0 Å². The minimum atomic E-state index is 0.955. The van der Waals surface area contributed by atoms with Crippen LogP contribution in [0.4, 0.5) is 11.5 Å². The Balaban J connectivity index is 1.84. The highest BCUT2D eigenvalue weighted by molar-refractivity contribution is 5.56. The largest absolute Gasteiger partial charge is 0.340 e. The number of hydrogen-bond donors (Lipinski definition) is 1. The third kappa shape index (κ3) is 2.31. The quantitative estimate of drug-likeness (QED) is 0.841. The first-order valence-electron chi connectivity index (χ1n) is 6.23. The molecule has 0 saturated heterocycles. The summed E-state index contributed by atoms with van der Waals surface area (Å²) >= 11 is 0. The van der Waals surface area contributed by atoms with Gasteiger partial charge < -0.3 is 5.32 Å². The van der Waals surface area contributed by atoms with Gasteiger partial charge in [-0.2, -0.15) is 0 Å². The van der Waals surface area contributed by atoms with E-state index in [1.165, 1.54) is 30.5 Å². The first-order chi connectivity index (χ1) is 8.42. The Bertz CT molecular complexity index is 506. The molecular formula is C15H16N2. The van der Waals surface area contributed by atoms with Gasteiger partial charge in [-0.3, -0.25) is 0 Å². The van der Waals surface area contributed by atoms with E-state index in [4.69, 9.17) is 4.98 Å². The molecule has 1 N–H and O–H groups in total. The van der Waals surface area contributed by atoms with Crippen LogP contribution in [0.2, 0.25) is 0 Å². The monoisotopic (exact) mass is 224 g/mol. The van der Waals surface area contributed by atoms with E-state index in [9.17, 15) is 0 Å². The lowest BCUT2D eigenvalue weighted by Crippen LogP contribution is -2.06. The summed E-state index contributed by atoms with van der Waals surface area (Å²) in [5.74, 6) is 0.955. The summed E-state index contributed by atoms with van der Waals surface area (Å²) in [5, 5.41) is 3.34. The lowest BCUT2D eigenvalue weighted by Gasteiger charge is -2.15. The molecular weight excluding hydrogens is 208 g/mol. The second-order valence-corrected chi connectivity index (χ2v) is 4.50. The third-order valence-electron chi connectivity index (χ3n) is 3.22. The topological polar surface area (TPSA) is 24.9 Å². The molecule has 0 radical (unpaired) electrons. The smallest absolute Gasteiger partial charge is 0.130 e. The summed E-state index contributed by atoms with van der Waals surface area (Å²) in [7, 11) is 0. The number of hydrogen-bond acceptors (Lipinski definition) is 2. The molecule has 0 atom stereocenters. The zero-order valence-corrected chi connectivity index (χ0v) is 9.82. The molecule has 0 fully saturated rings. The van der Waals surface area contributed by atoms with Gasteiger partial charge in [-0.05, 0) is 49.4 Å². The summed E-state index contributed by atoms with van der Waals surface area (Å²) in [6.07, 6.45) is 4.89. The Kier molecular flexibility index (Phi) is 2.78. The van der Waals surface area contributed by atoms with E-state index in [-0.39, 0.29) is 0 Å². The number of aryl methyl sites for hydroxylation is 2. The second kappa shape index (κ2) is 4.58. The van der Waals surface area contributed by atoms with Gasteiger partial charge in [0.05, 0.1) is 0 Å². The molecule has 0 unspecified atom stereocenters. The van der Waals surface area contributed by atoms with Gasteiger partial charge in [-0.15, -0.1) is 0 Å². The maximum Gasteiger partial charge on any atom is 0.130 e. The summed E-state index contributed by atoms with van der Waals surface area (Å²) < 4.78 is 0. The lowest BCUT2D eigenvalue weighted by molar-refractivity contribution is 0.669. The number of rotatable bonds is 2. The van der Waals surface area contributed by atoms with E-state index in [0.717, 1.165) is 17.9 Å². The molecule has 0 aliphatic heterocycles. The molecule has 86 valence electrons. The van der Waals surface area contributed by atoms with Gasteiger partial charge in [0.25, 0.3) is 0 Å². The van der Waals surface area contributed by atoms with Gasteiger partial charge in [-0.25, -0.2) is 4.98 Å². The van der Waals surface area contributed by atoms with Crippen LogP contribution in [-0.2, 0) is 12.8 Å². The molecule has 0 saturated carbocycles. The Morgan fingerprint density at radius 1 is 0.882 bits per heavy atom. The number of pyridine rings is 1. The van der Waals surface area contributed by atoms with Gasteiger partial charge in [0.2, 0.25) is 0 Å². The SMILES string of the molecule is c1ccc(Nc2ccc3c(n2)CCCC3)cc1. The second-order valence-electron chi connectivity index (χ2n) is 4.50. The summed E-state index contributed by atoms with van der Waals surface area (Å²) in [6.45, 7) is 0. The van der Waals surface area contributed by atoms with Gasteiger partial charge in [0.15, 0.2) is 0 Å². The summed E-state index contributed by atoms with van der Waals surface area (Å²) in [4.78, 5) is 4.70. The fraction of sp³-hybridized carbons (Fsp3) is 0.267. The number of nitrogens with zero attached hydrogens (tertiary/aromatic N) is 1. The number of aromatic nitrogens is 1. The van der Waals surface area contributed by atoms with Crippen molar-refractivity contribution in [3.8, 4) is 0 Å². The van der Waals surface area contributed by atoms with Crippen LogP contribution in [0, 0.1) is 0 Å². The fourth-order valence-corrected chi connectivity index (χ4v) is 2.32. The van der Waals surface area contributed by atoms with Gasteiger partial charge in [0.1, 0.15) is 5.82 Å². The zero-order chi connectivity index (χ0) is 11.5. The molecule has 17 heavy (non-hydrogen) atoms. The van der Waals surface area contributed by atoms with Crippen molar-refractivity contribution in [2.45, 2.75) is 25.7 Å². The van der Waals surface area contributed by atoms with E-state index in [2.05, 4.69) is 29.6 Å². The number of fused-ring (bicyclic) bond motifs is 1. The fourth-order valence-electron chi connectivity index (χ4n) is 2.32. The normalized spacial score (nSPS) is 14.1. The van der Waals surface area contributed by atoms with Crippen LogP contribution in [-0.4, -0.2) is 4.98 Å². The average molecular weight is 224 g/mol. The Labute approximate surface area is 102 Å². The van der Waals surface area contributed by atoms with Crippen LogP contribution in [0.25, 0.3) is 0 Å². The Morgan fingerprint density at radius 2 is 1.71 bits per heavy atom. The standard InChI is InChI=1S/C15H16N2/c1-2-7-13(8-3-1)16-15-11-10-12-6-4-5-9-14(12)17-15/h1-3,7-8,10-11H,4-6,9H2,(H,16,17). The highest BCUT2D eigenvalue weighted by Gasteiger charge is 2.10. The van der Waals surface area contributed by atoms with Crippen LogP contribution in [0.15, 0.2) is 42.5 Å². The molecule has 1 heterocycles. The van der Waals surface area contributed by atoms with E-state index < -0.39 is 0 Å². The molecule has 1 aromatic heterocycles. The summed E-state index contributed by atoms with van der Waals surface area (Å²) in [6, 6.07) is 14.5. The van der Waals surface area contributed by atoms with Crippen molar-refractivity contribution in [2.24, 2.45) is 0 Å². The van der Waals surface area contributed by atoms with Crippen LogP contribution >= 0.6 is 0 Å². The van der Waals surface area contributed by atoms with E-state index >= 15 is 0 Å². The van der Waals surface area contributed by atoms with Crippen molar-refractivity contribution in [3.63, 3.8) is 0 Å². The average Bonchev–Trinajstić information content (AvgIpc) is 2.40. The molecule has 2 nitrogen and oxygen atoms in total. The molecule has 1 aliphatic carbocycles. The lowest BCUT2D eigenvalue weighted by atomic mass is 9.96. The first kappa shape index (κ1) is 10.3. The number of nitrogens with one attached hydrogen (secondary N) is 1. The van der Waals surface area contributed by atoms with E-state index in [1.807, 2.05) is 18.2 Å². The first-order valence-corrected chi connectivity index (χ1v) is 6.23. The molecule has 0 spiro atoms.